The van der Waals surface area contributed by atoms with Crippen molar-refractivity contribution in [3.63, 3.8) is 0 Å². The molecule has 3 N–H and O–H groups in total. The van der Waals surface area contributed by atoms with Gasteiger partial charge in [0, 0.05) is 5.54 Å². The topological polar surface area (TPSA) is 50.9 Å². The minimum absolute atomic E-state index is 0.0296. The van der Waals surface area contributed by atoms with Crippen LogP contribution in [0.5, 0.6) is 0 Å². The summed E-state index contributed by atoms with van der Waals surface area (Å²) in [5.74, 6) is 0.812. The van der Waals surface area contributed by atoms with Crippen LogP contribution in [0.2, 0.25) is 0 Å². The summed E-state index contributed by atoms with van der Waals surface area (Å²) >= 11 is 4.88. The minimum Gasteiger partial charge on any atom is -0.388 e. The number of nitrogens with one attached hydrogen (secondary N) is 1. The molecule has 0 bridgehead atoms. The van der Waals surface area contributed by atoms with E-state index in [4.69, 9.17) is 18.0 Å². The fraction of sp³-hybridized carbons (Fsp3) is 0.455. The molecule has 3 nitrogen and oxygen atoms in total. The molecule has 1 aromatic heterocycles. The zero-order chi connectivity index (χ0) is 11.5. The maximum Gasteiger partial charge on any atom is 0.127 e. The minimum atomic E-state index is 0.0296. The zero-order valence-electron chi connectivity index (χ0n) is 9.37. The largest absolute Gasteiger partial charge is 0.388 e. The van der Waals surface area contributed by atoms with Crippen molar-refractivity contribution in [1.82, 2.24) is 4.98 Å². The molecule has 1 rings (SSSR count). The van der Waals surface area contributed by atoms with Crippen LogP contribution < -0.4 is 11.1 Å². The number of aromatic nitrogens is 1. The Bertz CT molecular complexity index is 361. The summed E-state index contributed by atoms with van der Waals surface area (Å²) in [6.07, 6.45) is 1.02. The molecule has 0 atom stereocenters. The zero-order valence-corrected chi connectivity index (χ0v) is 10.2. The standard InChI is InChI=1S/C11H17N3S/c1-4-11(2,3)14-9-7-5-6-8(13-9)10(12)15/h5-7H,4H2,1-3H3,(H2,12,15)(H,13,14). The molecule has 0 aromatic carbocycles. The molecule has 15 heavy (non-hydrogen) atoms. The van der Waals surface area contributed by atoms with Gasteiger partial charge in [-0.1, -0.05) is 25.2 Å². The molecule has 1 aromatic rings. The Morgan fingerprint density at radius 3 is 2.73 bits per heavy atom. The van der Waals surface area contributed by atoms with Gasteiger partial charge in [-0.25, -0.2) is 4.98 Å². The second-order valence-corrected chi connectivity index (χ2v) is 4.57. The first-order valence-electron chi connectivity index (χ1n) is 4.99. The van der Waals surface area contributed by atoms with Gasteiger partial charge >= 0.3 is 0 Å². The van der Waals surface area contributed by atoms with Gasteiger partial charge < -0.3 is 11.1 Å². The lowest BCUT2D eigenvalue weighted by molar-refractivity contribution is 0.545. The Kier molecular flexibility index (Phi) is 3.63. The van der Waals surface area contributed by atoms with E-state index in [0.29, 0.717) is 10.7 Å². The quantitative estimate of drug-likeness (QED) is 0.769. The van der Waals surface area contributed by atoms with Crippen molar-refractivity contribution < 1.29 is 0 Å². The summed E-state index contributed by atoms with van der Waals surface area (Å²) in [6, 6.07) is 5.63. The predicted octanol–water partition coefficient (Wildman–Crippen LogP) is 2.32. The number of rotatable bonds is 4. The smallest absolute Gasteiger partial charge is 0.127 e. The van der Waals surface area contributed by atoms with E-state index in [0.717, 1.165) is 12.2 Å². The number of anilines is 1. The first-order chi connectivity index (χ1) is 6.94. The first-order valence-corrected chi connectivity index (χ1v) is 5.40. The Balaban J connectivity index is 2.87. The molecule has 1 heterocycles. The van der Waals surface area contributed by atoms with Gasteiger partial charge in [0.2, 0.25) is 0 Å². The molecule has 0 saturated heterocycles. The summed E-state index contributed by atoms with van der Waals surface area (Å²) < 4.78 is 0. The van der Waals surface area contributed by atoms with Crippen molar-refractivity contribution in [2.45, 2.75) is 32.7 Å². The van der Waals surface area contributed by atoms with Gasteiger partial charge in [-0.15, -0.1) is 0 Å². The van der Waals surface area contributed by atoms with Gasteiger partial charge in [-0.2, -0.15) is 0 Å². The monoisotopic (exact) mass is 223 g/mol. The van der Waals surface area contributed by atoms with Crippen molar-refractivity contribution in [2.24, 2.45) is 5.73 Å². The van der Waals surface area contributed by atoms with E-state index < -0.39 is 0 Å². The van der Waals surface area contributed by atoms with E-state index in [2.05, 4.69) is 31.1 Å². The van der Waals surface area contributed by atoms with E-state index >= 15 is 0 Å². The summed E-state index contributed by atoms with van der Waals surface area (Å²) in [7, 11) is 0. The molecule has 0 radical (unpaired) electrons. The number of hydrogen-bond donors (Lipinski definition) is 2. The third-order valence-electron chi connectivity index (χ3n) is 2.35. The molecule has 82 valence electrons. The molecule has 0 fully saturated rings. The summed E-state index contributed by atoms with van der Waals surface area (Å²) in [5.41, 5.74) is 6.20. The molecule has 0 unspecified atom stereocenters. The summed E-state index contributed by atoms with van der Waals surface area (Å²) in [6.45, 7) is 6.38. The molecular weight excluding hydrogens is 206 g/mol. The van der Waals surface area contributed by atoms with Crippen LogP contribution in [0.3, 0.4) is 0 Å². The lowest BCUT2D eigenvalue weighted by Crippen LogP contribution is -2.30. The summed E-state index contributed by atoms with van der Waals surface area (Å²) in [4.78, 5) is 4.65. The Labute approximate surface area is 96.1 Å². The summed E-state index contributed by atoms with van der Waals surface area (Å²) in [5, 5.41) is 3.34. The molecular formula is C11H17N3S. The van der Waals surface area contributed by atoms with E-state index in [-0.39, 0.29) is 5.54 Å². The van der Waals surface area contributed by atoms with Gasteiger partial charge in [0.05, 0.1) is 5.69 Å². The van der Waals surface area contributed by atoms with Crippen LogP contribution in [-0.2, 0) is 0 Å². The highest BCUT2D eigenvalue weighted by molar-refractivity contribution is 7.80. The van der Waals surface area contributed by atoms with E-state index in [1.165, 1.54) is 0 Å². The van der Waals surface area contributed by atoms with Gasteiger partial charge in [0.1, 0.15) is 10.8 Å². The normalized spacial score (nSPS) is 11.1. The highest BCUT2D eigenvalue weighted by Crippen LogP contribution is 2.15. The second kappa shape index (κ2) is 4.57. The highest BCUT2D eigenvalue weighted by Gasteiger charge is 2.14. The van der Waals surface area contributed by atoms with Crippen LogP contribution in [0.15, 0.2) is 18.2 Å². The first kappa shape index (κ1) is 11.9. The fourth-order valence-electron chi connectivity index (χ4n) is 1.08. The van der Waals surface area contributed by atoms with Crippen molar-refractivity contribution in [3.8, 4) is 0 Å². The molecule has 4 heteroatoms. The number of thiocarbonyl (C=S) groups is 1. The van der Waals surface area contributed by atoms with Crippen molar-refractivity contribution in [1.29, 1.82) is 0 Å². The van der Waals surface area contributed by atoms with E-state index in [9.17, 15) is 0 Å². The predicted molar refractivity (Wildman–Crippen MR) is 68.1 cm³/mol. The van der Waals surface area contributed by atoms with E-state index in [1.54, 1.807) is 0 Å². The average Bonchev–Trinajstić information content (AvgIpc) is 2.17. The van der Waals surface area contributed by atoms with Crippen LogP contribution in [0, 0.1) is 0 Å². The highest BCUT2D eigenvalue weighted by atomic mass is 32.1. The Morgan fingerprint density at radius 1 is 1.53 bits per heavy atom. The third-order valence-corrected chi connectivity index (χ3v) is 2.56. The maximum atomic E-state index is 5.52. The van der Waals surface area contributed by atoms with Crippen LogP contribution in [0.25, 0.3) is 0 Å². The van der Waals surface area contributed by atoms with Crippen molar-refractivity contribution >= 4 is 23.0 Å². The second-order valence-electron chi connectivity index (χ2n) is 4.13. The molecule has 0 aliphatic rings. The maximum absolute atomic E-state index is 5.52. The fourth-order valence-corrected chi connectivity index (χ4v) is 1.19. The van der Waals surface area contributed by atoms with Gasteiger partial charge in [0.25, 0.3) is 0 Å². The number of pyridine rings is 1. The van der Waals surface area contributed by atoms with Crippen LogP contribution in [0.1, 0.15) is 32.9 Å². The molecule has 0 saturated carbocycles. The molecule has 0 aliphatic carbocycles. The number of hydrogen-bond acceptors (Lipinski definition) is 3. The van der Waals surface area contributed by atoms with Gasteiger partial charge in [0.15, 0.2) is 0 Å². The molecule has 0 aliphatic heterocycles. The van der Waals surface area contributed by atoms with Crippen molar-refractivity contribution in [2.75, 3.05) is 5.32 Å². The Morgan fingerprint density at radius 2 is 2.20 bits per heavy atom. The third kappa shape index (κ3) is 3.47. The SMILES string of the molecule is CCC(C)(C)Nc1cccc(C(N)=S)n1. The van der Waals surface area contributed by atoms with Gasteiger partial charge in [-0.3, -0.25) is 0 Å². The van der Waals surface area contributed by atoms with Crippen LogP contribution in [0.4, 0.5) is 5.82 Å². The Hall–Kier alpha value is -1.16. The average molecular weight is 223 g/mol. The lowest BCUT2D eigenvalue weighted by Gasteiger charge is -2.25. The number of nitrogens with two attached hydrogens (primary N) is 1. The van der Waals surface area contributed by atoms with Crippen molar-refractivity contribution in [3.05, 3.63) is 23.9 Å². The molecule has 0 spiro atoms. The lowest BCUT2D eigenvalue weighted by atomic mass is 10.0. The van der Waals surface area contributed by atoms with E-state index in [1.807, 2.05) is 18.2 Å². The number of nitrogens with zero attached hydrogens (tertiary/aromatic N) is 1. The van der Waals surface area contributed by atoms with Crippen LogP contribution >= 0.6 is 12.2 Å². The van der Waals surface area contributed by atoms with Gasteiger partial charge in [-0.05, 0) is 32.4 Å². The van der Waals surface area contributed by atoms with Crippen LogP contribution in [-0.4, -0.2) is 15.5 Å². The molecule has 0 amide bonds.